The Bertz CT molecular complexity index is 702. The van der Waals surface area contributed by atoms with Gasteiger partial charge >= 0.3 is 0 Å². The van der Waals surface area contributed by atoms with Crippen LogP contribution in [0.15, 0.2) is 33.7 Å². The van der Waals surface area contributed by atoms with Gasteiger partial charge < -0.3 is 10.4 Å². The van der Waals surface area contributed by atoms with E-state index in [1.807, 2.05) is 0 Å². The van der Waals surface area contributed by atoms with Crippen molar-refractivity contribution >= 4 is 39.1 Å². The molecule has 0 saturated carbocycles. The van der Waals surface area contributed by atoms with Crippen molar-refractivity contribution in [3.05, 3.63) is 49.9 Å². The monoisotopic (exact) mass is 343 g/mol. The predicted molar refractivity (Wildman–Crippen MR) is 73.6 cm³/mol. The lowest BCUT2D eigenvalue weighted by molar-refractivity contribution is 0.102. The normalized spacial score (nSPS) is 10.2. The van der Waals surface area contributed by atoms with E-state index in [0.717, 1.165) is 12.1 Å². The van der Waals surface area contributed by atoms with Crippen LogP contribution in [0.3, 0.4) is 0 Å². The SMILES string of the molecule is O=C(Nc1cnc(Cl)c(Br)c1)c1cc(O)[nH]c(=O)c1. The maximum atomic E-state index is 11.9. The number of hydrogen-bond donors (Lipinski definition) is 3. The van der Waals surface area contributed by atoms with Gasteiger partial charge in [0.1, 0.15) is 5.15 Å². The number of rotatable bonds is 2. The molecule has 0 radical (unpaired) electrons. The highest BCUT2D eigenvalue weighted by molar-refractivity contribution is 9.10. The molecule has 2 aromatic rings. The van der Waals surface area contributed by atoms with E-state index >= 15 is 0 Å². The number of aromatic nitrogens is 2. The topological polar surface area (TPSA) is 95.1 Å². The first kappa shape index (κ1) is 13.6. The van der Waals surface area contributed by atoms with E-state index in [0.29, 0.717) is 10.2 Å². The van der Waals surface area contributed by atoms with Gasteiger partial charge in [0.25, 0.3) is 11.5 Å². The Morgan fingerprint density at radius 1 is 1.42 bits per heavy atom. The highest BCUT2D eigenvalue weighted by Crippen LogP contribution is 2.23. The number of nitrogens with one attached hydrogen (secondary N) is 2. The van der Waals surface area contributed by atoms with Gasteiger partial charge in [-0.3, -0.25) is 14.6 Å². The van der Waals surface area contributed by atoms with Crippen molar-refractivity contribution in [2.45, 2.75) is 0 Å². The summed E-state index contributed by atoms with van der Waals surface area (Å²) in [6, 6.07) is 3.79. The molecule has 0 aliphatic heterocycles. The lowest BCUT2D eigenvalue weighted by atomic mass is 10.2. The molecule has 0 aliphatic rings. The first-order chi connectivity index (χ1) is 8.95. The number of pyridine rings is 2. The van der Waals surface area contributed by atoms with Crippen LogP contribution < -0.4 is 10.9 Å². The minimum atomic E-state index is -0.569. The van der Waals surface area contributed by atoms with E-state index in [9.17, 15) is 14.7 Å². The second-order valence-corrected chi connectivity index (χ2v) is 4.78. The Morgan fingerprint density at radius 3 is 2.79 bits per heavy atom. The van der Waals surface area contributed by atoms with Gasteiger partial charge in [0.15, 0.2) is 5.88 Å². The van der Waals surface area contributed by atoms with Crippen molar-refractivity contribution in [2.75, 3.05) is 5.32 Å². The smallest absolute Gasteiger partial charge is 0.256 e. The summed E-state index contributed by atoms with van der Waals surface area (Å²) in [5, 5.41) is 12.0. The molecule has 98 valence electrons. The summed E-state index contributed by atoms with van der Waals surface area (Å²) in [7, 11) is 0. The number of carbonyl (C=O) groups excluding carboxylic acids is 1. The molecule has 2 rings (SSSR count). The molecule has 3 N–H and O–H groups in total. The molecule has 0 aromatic carbocycles. The lowest BCUT2D eigenvalue weighted by Crippen LogP contribution is -2.16. The molecule has 19 heavy (non-hydrogen) atoms. The van der Waals surface area contributed by atoms with Crippen molar-refractivity contribution in [1.82, 2.24) is 9.97 Å². The van der Waals surface area contributed by atoms with E-state index < -0.39 is 11.5 Å². The minimum Gasteiger partial charge on any atom is -0.494 e. The third-order valence-corrected chi connectivity index (χ3v) is 3.28. The number of aromatic hydroxyl groups is 1. The van der Waals surface area contributed by atoms with Gasteiger partial charge in [-0.25, -0.2) is 4.98 Å². The fraction of sp³-hybridized carbons (Fsp3) is 0. The molecule has 0 atom stereocenters. The van der Waals surface area contributed by atoms with Crippen LogP contribution in [0.2, 0.25) is 5.15 Å². The zero-order chi connectivity index (χ0) is 14.0. The molecule has 2 aromatic heterocycles. The molecule has 1 amide bonds. The maximum Gasteiger partial charge on any atom is 0.256 e. The first-order valence-corrected chi connectivity index (χ1v) is 6.18. The molecule has 2 heterocycles. The van der Waals surface area contributed by atoms with Gasteiger partial charge in [-0.1, -0.05) is 11.6 Å². The number of amides is 1. The van der Waals surface area contributed by atoms with Crippen LogP contribution in [0.4, 0.5) is 5.69 Å². The van der Waals surface area contributed by atoms with E-state index in [1.54, 1.807) is 6.07 Å². The summed E-state index contributed by atoms with van der Waals surface area (Å²) in [6.07, 6.45) is 1.37. The quantitative estimate of drug-likeness (QED) is 0.727. The average molecular weight is 345 g/mol. The summed E-state index contributed by atoms with van der Waals surface area (Å²) in [5.74, 6) is -0.925. The van der Waals surface area contributed by atoms with Gasteiger partial charge in [-0.05, 0) is 22.0 Å². The number of anilines is 1. The maximum absolute atomic E-state index is 11.9. The van der Waals surface area contributed by atoms with Gasteiger partial charge in [0, 0.05) is 12.1 Å². The number of aromatic amines is 1. The predicted octanol–water partition coefficient (Wildman–Crippen LogP) is 2.14. The van der Waals surface area contributed by atoms with E-state index in [4.69, 9.17) is 11.6 Å². The fourth-order valence-electron chi connectivity index (χ4n) is 1.35. The van der Waals surface area contributed by atoms with Crippen LogP contribution in [-0.4, -0.2) is 21.0 Å². The Hall–Kier alpha value is -1.86. The Balaban J connectivity index is 2.25. The third kappa shape index (κ3) is 3.33. The highest BCUT2D eigenvalue weighted by atomic mass is 79.9. The standard InChI is InChI=1S/C11H7BrClN3O3/c12-7-3-6(4-14-10(7)13)15-11(19)5-1-8(17)16-9(18)2-5/h1-4H,(H,15,19)(H2,16,17,18). The van der Waals surface area contributed by atoms with Crippen molar-refractivity contribution in [3.8, 4) is 5.88 Å². The van der Waals surface area contributed by atoms with Crippen LogP contribution in [0, 0.1) is 0 Å². The molecule has 0 aliphatic carbocycles. The van der Waals surface area contributed by atoms with E-state index in [1.165, 1.54) is 6.20 Å². The average Bonchev–Trinajstić information content (AvgIpc) is 2.32. The Morgan fingerprint density at radius 2 is 2.16 bits per heavy atom. The molecule has 0 unspecified atom stereocenters. The summed E-state index contributed by atoms with van der Waals surface area (Å²) in [6.45, 7) is 0. The van der Waals surface area contributed by atoms with Crippen molar-refractivity contribution in [3.63, 3.8) is 0 Å². The summed E-state index contributed by atoms with van der Waals surface area (Å²) < 4.78 is 0.528. The van der Waals surface area contributed by atoms with E-state index in [2.05, 4.69) is 31.2 Å². The second kappa shape index (κ2) is 5.41. The van der Waals surface area contributed by atoms with Crippen molar-refractivity contribution < 1.29 is 9.90 Å². The Kier molecular flexibility index (Phi) is 3.87. The molecule has 8 heteroatoms. The number of hydrogen-bond acceptors (Lipinski definition) is 4. The van der Waals surface area contributed by atoms with E-state index in [-0.39, 0.29) is 16.6 Å². The van der Waals surface area contributed by atoms with Gasteiger partial charge in [-0.15, -0.1) is 0 Å². The number of carbonyl (C=O) groups is 1. The molecule has 0 fully saturated rings. The highest BCUT2D eigenvalue weighted by Gasteiger charge is 2.09. The molecule has 0 bridgehead atoms. The molecule has 6 nitrogen and oxygen atoms in total. The van der Waals surface area contributed by atoms with Crippen LogP contribution in [-0.2, 0) is 0 Å². The summed E-state index contributed by atoms with van der Waals surface area (Å²) in [4.78, 5) is 29.0. The number of H-pyrrole nitrogens is 1. The summed E-state index contributed by atoms with van der Waals surface area (Å²) in [5.41, 5.74) is -0.131. The molecular weight excluding hydrogens is 337 g/mol. The van der Waals surface area contributed by atoms with Gasteiger partial charge in [0.05, 0.1) is 21.9 Å². The van der Waals surface area contributed by atoms with Gasteiger partial charge in [-0.2, -0.15) is 0 Å². The largest absolute Gasteiger partial charge is 0.494 e. The van der Waals surface area contributed by atoms with Crippen molar-refractivity contribution in [1.29, 1.82) is 0 Å². The van der Waals surface area contributed by atoms with Crippen molar-refractivity contribution in [2.24, 2.45) is 0 Å². The fourth-order valence-corrected chi connectivity index (χ4v) is 1.80. The summed E-state index contributed by atoms with van der Waals surface area (Å²) >= 11 is 8.90. The van der Waals surface area contributed by atoms with Crippen LogP contribution in [0.1, 0.15) is 10.4 Å². The van der Waals surface area contributed by atoms with Gasteiger partial charge in [0.2, 0.25) is 0 Å². The van der Waals surface area contributed by atoms with Crippen LogP contribution in [0.25, 0.3) is 0 Å². The second-order valence-electron chi connectivity index (χ2n) is 3.57. The molecular formula is C11H7BrClN3O3. The van der Waals surface area contributed by atoms with Crippen LogP contribution in [0.5, 0.6) is 5.88 Å². The molecule has 0 spiro atoms. The zero-order valence-electron chi connectivity index (χ0n) is 9.28. The molecule has 0 saturated heterocycles. The Labute approximate surface area is 120 Å². The minimum absolute atomic E-state index is 0.0346. The lowest BCUT2D eigenvalue weighted by Gasteiger charge is -2.06. The third-order valence-electron chi connectivity index (χ3n) is 2.15. The number of halogens is 2. The zero-order valence-corrected chi connectivity index (χ0v) is 11.6. The first-order valence-electron chi connectivity index (χ1n) is 5.01. The number of nitrogens with zero attached hydrogens (tertiary/aromatic N) is 1. The van der Waals surface area contributed by atoms with Crippen LogP contribution >= 0.6 is 27.5 Å².